The normalized spacial score (nSPS) is 12.1. The predicted octanol–water partition coefficient (Wildman–Crippen LogP) is 3.00. The molecule has 0 heterocycles. The van der Waals surface area contributed by atoms with Crippen LogP contribution in [-0.2, 0) is 14.8 Å². The number of rotatable bonds is 2. The molecule has 0 saturated heterocycles. The van der Waals surface area contributed by atoms with Crippen LogP contribution >= 0.6 is 15.9 Å². The second kappa shape index (κ2) is 5.50. The van der Waals surface area contributed by atoms with Gasteiger partial charge >= 0.3 is 6.09 Å². The summed E-state index contributed by atoms with van der Waals surface area (Å²) in [6.45, 7) is 5.01. The third-order valence-electron chi connectivity index (χ3n) is 2.11. The third kappa shape index (κ3) is 4.21. The maximum Gasteiger partial charge on any atom is 0.424 e. The molecule has 0 unspecified atom stereocenters. The van der Waals surface area contributed by atoms with Crippen molar-refractivity contribution < 1.29 is 17.9 Å². The zero-order chi connectivity index (χ0) is 14.8. The van der Waals surface area contributed by atoms with Gasteiger partial charge in [-0.05, 0) is 39.0 Å². The standard InChI is InChI=1S/C12H16BrNO4S/c1-12(2,3)18-11(15)14(4)19(16,17)10-7-5-6-9(13)8-10/h5-8H,1-4H3. The highest BCUT2D eigenvalue weighted by Gasteiger charge is 2.29. The molecule has 0 aliphatic heterocycles. The molecule has 7 heteroatoms. The van der Waals surface area contributed by atoms with E-state index in [2.05, 4.69) is 15.9 Å². The fourth-order valence-electron chi connectivity index (χ4n) is 1.21. The van der Waals surface area contributed by atoms with E-state index >= 15 is 0 Å². The lowest BCUT2D eigenvalue weighted by Crippen LogP contribution is -2.38. The number of benzene rings is 1. The first kappa shape index (κ1) is 16.0. The molecule has 106 valence electrons. The van der Waals surface area contributed by atoms with Crippen molar-refractivity contribution in [3.8, 4) is 0 Å². The predicted molar refractivity (Wildman–Crippen MR) is 75.3 cm³/mol. The smallest absolute Gasteiger partial charge is 0.424 e. The Hall–Kier alpha value is -1.08. The lowest BCUT2D eigenvalue weighted by atomic mass is 10.2. The quantitative estimate of drug-likeness (QED) is 0.823. The van der Waals surface area contributed by atoms with Crippen molar-refractivity contribution in [1.82, 2.24) is 4.31 Å². The van der Waals surface area contributed by atoms with Gasteiger partial charge in [0.2, 0.25) is 0 Å². The highest BCUT2D eigenvalue weighted by Crippen LogP contribution is 2.20. The molecule has 0 bridgehead atoms. The molecule has 1 aromatic rings. The Kier molecular flexibility index (Phi) is 4.63. The van der Waals surface area contributed by atoms with Crippen molar-refractivity contribution in [3.63, 3.8) is 0 Å². The fourth-order valence-corrected chi connectivity index (χ4v) is 2.84. The maximum absolute atomic E-state index is 12.2. The van der Waals surface area contributed by atoms with Gasteiger partial charge in [-0.3, -0.25) is 0 Å². The van der Waals surface area contributed by atoms with Crippen LogP contribution in [0, 0.1) is 0 Å². The molecule has 0 aliphatic carbocycles. The molecular weight excluding hydrogens is 334 g/mol. The summed E-state index contributed by atoms with van der Waals surface area (Å²) in [6.07, 6.45) is -0.910. The average Bonchev–Trinajstić information content (AvgIpc) is 2.25. The van der Waals surface area contributed by atoms with E-state index in [-0.39, 0.29) is 4.90 Å². The SMILES string of the molecule is CN(C(=O)OC(C)(C)C)S(=O)(=O)c1cccc(Br)c1. The molecule has 19 heavy (non-hydrogen) atoms. The molecule has 1 amide bonds. The number of ether oxygens (including phenoxy) is 1. The Balaban J connectivity index is 3.04. The van der Waals surface area contributed by atoms with Gasteiger partial charge in [0.1, 0.15) is 5.60 Å². The minimum atomic E-state index is -3.90. The number of carbonyl (C=O) groups excluding carboxylic acids is 1. The Labute approximate surface area is 121 Å². The summed E-state index contributed by atoms with van der Waals surface area (Å²) < 4.78 is 30.7. The number of halogens is 1. The van der Waals surface area contributed by atoms with Gasteiger partial charge < -0.3 is 4.74 Å². The monoisotopic (exact) mass is 349 g/mol. The van der Waals surface area contributed by atoms with Gasteiger partial charge in [-0.1, -0.05) is 22.0 Å². The minimum absolute atomic E-state index is 0.0234. The summed E-state index contributed by atoms with van der Waals surface area (Å²) in [5.41, 5.74) is -0.752. The van der Waals surface area contributed by atoms with Crippen molar-refractivity contribution in [2.45, 2.75) is 31.3 Å². The topological polar surface area (TPSA) is 63.7 Å². The summed E-state index contributed by atoms with van der Waals surface area (Å²) in [5.74, 6) is 0. The van der Waals surface area contributed by atoms with E-state index in [0.29, 0.717) is 8.78 Å². The number of nitrogens with zero attached hydrogens (tertiary/aromatic N) is 1. The summed E-state index contributed by atoms with van der Waals surface area (Å²) in [6, 6.07) is 6.13. The molecule has 0 radical (unpaired) electrons. The van der Waals surface area contributed by atoms with Crippen LogP contribution in [0.2, 0.25) is 0 Å². The molecule has 5 nitrogen and oxygen atoms in total. The van der Waals surface area contributed by atoms with Crippen LogP contribution in [0.15, 0.2) is 33.6 Å². The first-order chi connectivity index (χ1) is 8.54. The minimum Gasteiger partial charge on any atom is -0.443 e. The molecule has 0 aromatic heterocycles. The average molecular weight is 350 g/mol. The van der Waals surface area contributed by atoms with Crippen LogP contribution in [-0.4, -0.2) is 31.5 Å². The molecule has 0 spiro atoms. The van der Waals surface area contributed by atoms with E-state index in [1.807, 2.05) is 0 Å². The summed E-state index contributed by atoms with van der Waals surface area (Å²) in [4.78, 5) is 11.8. The van der Waals surface area contributed by atoms with Gasteiger partial charge in [-0.15, -0.1) is 0 Å². The van der Waals surface area contributed by atoms with E-state index in [4.69, 9.17) is 4.74 Å². The van der Waals surface area contributed by atoms with E-state index in [9.17, 15) is 13.2 Å². The summed E-state index contributed by atoms with van der Waals surface area (Å²) in [7, 11) is -2.73. The number of hydrogen-bond acceptors (Lipinski definition) is 4. The lowest BCUT2D eigenvalue weighted by molar-refractivity contribution is 0.0420. The molecule has 0 N–H and O–H groups in total. The number of sulfonamides is 1. The van der Waals surface area contributed by atoms with Gasteiger partial charge in [0.05, 0.1) is 4.90 Å². The van der Waals surface area contributed by atoms with Crippen molar-refractivity contribution in [1.29, 1.82) is 0 Å². The molecule has 0 atom stereocenters. The Morgan fingerprint density at radius 3 is 2.37 bits per heavy atom. The van der Waals surface area contributed by atoms with Crippen LogP contribution < -0.4 is 0 Å². The van der Waals surface area contributed by atoms with Crippen molar-refractivity contribution in [2.75, 3.05) is 7.05 Å². The van der Waals surface area contributed by atoms with Crippen LogP contribution in [0.25, 0.3) is 0 Å². The zero-order valence-electron chi connectivity index (χ0n) is 11.2. The first-order valence-corrected chi connectivity index (χ1v) is 7.75. The highest BCUT2D eigenvalue weighted by molar-refractivity contribution is 9.10. The zero-order valence-corrected chi connectivity index (χ0v) is 13.6. The third-order valence-corrected chi connectivity index (χ3v) is 4.32. The number of amides is 1. The van der Waals surface area contributed by atoms with Gasteiger partial charge in [0, 0.05) is 11.5 Å². The van der Waals surface area contributed by atoms with Gasteiger partial charge in [0.15, 0.2) is 0 Å². The largest absolute Gasteiger partial charge is 0.443 e. The maximum atomic E-state index is 12.2. The van der Waals surface area contributed by atoms with Crippen LogP contribution in [0.1, 0.15) is 20.8 Å². The molecule has 0 saturated carbocycles. The van der Waals surface area contributed by atoms with Crippen LogP contribution in [0.3, 0.4) is 0 Å². The molecule has 1 aromatic carbocycles. The van der Waals surface area contributed by atoms with E-state index < -0.39 is 21.7 Å². The second-order valence-corrected chi connectivity index (χ2v) is 7.80. The number of hydrogen-bond donors (Lipinski definition) is 0. The van der Waals surface area contributed by atoms with Gasteiger partial charge in [0.25, 0.3) is 10.0 Å². The number of carbonyl (C=O) groups is 1. The van der Waals surface area contributed by atoms with Gasteiger partial charge in [-0.25, -0.2) is 17.5 Å². The Morgan fingerprint density at radius 2 is 1.89 bits per heavy atom. The van der Waals surface area contributed by atoms with E-state index in [1.165, 1.54) is 19.2 Å². The highest BCUT2D eigenvalue weighted by atomic mass is 79.9. The molecule has 0 aliphatic rings. The van der Waals surface area contributed by atoms with Crippen molar-refractivity contribution in [2.24, 2.45) is 0 Å². The molecular formula is C12H16BrNO4S. The van der Waals surface area contributed by atoms with Crippen molar-refractivity contribution >= 4 is 32.0 Å². The fraction of sp³-hybridized carbons (Fsp3) is 0.417. The molecule has 0 fully saturated rings. The summed E-state index contributed by atoms with van der Waals surface area (Å²) >= 11 is 3.19. The Morgan fingerprint density at radius 1 is 1.32 bits per heavy atom. The Bertz CT molecular complexity index is 578. The van der Waals surface area contributed by atoms with Crippen LogP contribution in [0.4, 0.5) is 4.79 Å². The molecule has 1 rings (SSSR count). The van der Waals surface area contributed by atoms with E-state index in [0.717, 1.165) is 0 Å². The van der Waals surface area contributed by atoms with E-state index in [1.54, 1.807) is 32.9 Å². The second-order valence-electron chi connectivity index (χ2n) is 4.91. The first-order valence-electron chi connectivity index (χ1n) is 5.51. The summed E-state index contributed by atoms with van der Waals surface area (Å²) in [5, 5.41) is 0. The van der Waals surface area contributed by atoms with Gasteiger partial charge in [-0.2, -0.15) is 0 Å². The van der Waals surface area contributed by atoms with Crippen LogP contribution in [0.5, 0.6) is 0 Å². The lowest BCUT2D eigenvalue weighted by Gasteiger charge is -2.24. The van der Waals surface area contributed by atoms with Crippen molar-refractivity contribution in [3.05, 3.63) is 28.7 Å².